The molecule has 0 N–H and O–H groups in total. The predicted octanol–water partition coefficient (Wildman–Crippen LogP) is 2.87. The molecule has 2 aromatic rings. The molecule has 4 heteroatoms. The van der Waals surface area contributed by atoms with Gasteiger partial charge in [0.15, 0.2) is 0 Å². The number of hydrogen-bond acceptors (Lipinski definition) is 3. The molecule has 1 aliphatic carbocycles. The second-order valence-corrected chi connectivity index (χ2v) is 6.20. The SMILES string of the molecule is Cc1cc(C)n(-c2ccc(N3CC4CCC3C4)nc2)n1. The Labute approximate surface area is 119 Å². The highest BCUT2D eigenvalue weighted by Crippen LogP contribution is 2.39. The van der Waals surface area contributed by atoms with Crippen LogP contribution in [0.25, 0.3) is 5.69 Å². The number of anilines is 1. The summed E-state index contributed by atoms with van der Waals surface area (Å²) in [7, 11) is 0. The van der Waals surface area contributed by atoms with Gasteiger partial charge in [0.05, 0.1) is 17.6 Å². The third-order valence-corrected chi connectivity index (χ3v) is 4.69. The molecule has 3 heterocycles. The average Bonchev–Trinajstić information content (AvgIpc) is 3.14. The van der Waals surface area contributed by atoms with Gasteiger partial charge in [-0.05, 0) is 57.2 Å². The van der Waals surface area contributed by atoms with E-state index in [1.54, 1.807) is 0 Å². The maximum atomic E-state index is 4.67. The Morgan fingerprint density at radius 1 is 1.20 bits per heavy atom. The average molecular weight is 268 g/mol. The first kappa shape index (κ1) is 11.9. The van der Waals surface area contributed by atoms with E-state index in [0.717, 1.165) is 34.9 Å². The number of nitrogens with zero attached hydrogens (tertiary/aromatic N) is 4. The third kappa shape index (κ3) is 1.82. The van der Waals surface area contributed by atoms with Crippen molar-refractivity contribution in [3.05, 3.63) is 35.8 Å². The van der Waals surface area contributed by atoms with Crippen molar-refractivity contribution in [3.8, 4) is 5.69 Å². The molecular formula is C16H20N4. The van der Waals surface area contributed by atoms with Crippen LogP contribution in [-0.2, 0) is 0 Å². The van der Waals surface area contributed by atoms with Gasteiger partial charge in [0.2, 0.25) is 0 Å². The normalized spacial score (nSPS) is 24.6. The van der Waals surface area contributed by atoms with E-state index in [-0.39, 0.29) is 0 Å². The molecule has 0 spiro atoms. The van der Waals surface area contributed by atoms with Gasteiger partial charge >= 0.3 is 0 Å². The number of pyridine rings is 1. The lowest BCUT2D eigenvalue weighted by atomic mass is 10.1. The molecular weight excluding hydrogens is 248 g/mol. The van der Waals surface area contributed by atoms with Crippen molar-refractivity contribution in [2.75, 3.05) is 11.4 Å². The summed E-state index contributed by atoms with van der Waals surface area (Å²) in [6.45, 7) is 5.29. The Morgan fingerprint density at radius 3 is 2.65 bits per heavy atom. The van der Waals surface area contributed by atoms with E-state index in [2.05, 4.69) is 40.1 Å². The van der Waals surface area contributed by atoms with Crippen LogP contribution < -0.4 is 4.90 Å². The number of fused-ring (bicyclic) bond motifs is 2. The Kier molecular flexibility index (Phi) is 2.59. The van der Waals surface area contributed by atoms with Crippen molar-refractivity contribution >= 4 is 5.82 Å². The van der Waals surface area contributed by atoms with Gasteiger partial charge in [0.25, 0.3) is 0 Å². The first-order valence-electron chi connectivity index (χ1n) is 7.47. The van der Waals surface area contributed by atoms with Crippen LogP contribution in [0.2, 0.25) is 0 Å². The fourth-order valence-corrected chi connectivity index (χ4v) is 3.77. The second kappa shape index (κ2) is 4.33. The van der Waals surface area contributed by atoms with E-state index in [1.165, 1.54) is 25.8 Å². The molecule has 2 fully saturated rings. The second-order valence-electron chi connectivity index (χ2n) is 6.20. The lowest BCUT2D eigenvalue weighted by Gasteiger charge is -2.28. The molecule has 1 aliphatic heterocycles. The maximum absolute atomic E-state index is 4.67. The fraction of sp³-hybridized carbons (Fsp3) is 0.500. The summed E-state index contributed by atoms with van der Waals surface area (Å²) in [6, 6.07) is 7.10. The highest BCUT2D eigenvalue weighted by molar-refractivity contribution is 5.46. The van der Waals surface area contributed by atoms with Gasteiger partial charge in [-0.15, -0.1) is 0 Å². The van der Waals surface area contributed by atoms with Crippen LogP contribution >= 0.6 is 0 Å². The molecule has 0 aromatic carbocycles. The van der Waals surface area contributed by atoms with Gasteiger partial charge in [0, 0.05) is 18.3 Å². The minimum Gasteiger partial charge on any atom is -0.353 e. The minimum atomic E-state index is 0.729. The molecule has 1 saturated heterocycles. The Balaban J connectivity index is 1.61. The van der Waals surface area contributed by atoms with Crippen molar-refractivity contribution in [1.29, 1.82) is 0 Å². The van der Waals surface area contributed by atoms with Crippen LogP contribution in [-0.4, -0.2) is 27.4 Å². The standard InChI is InChI=1S/C16H20N4/c1-11-7-12(2)20(18-11)15-5-6-16(17-9-15)19-10-13-3-4-14(19)8-13/h5-7,9,13-14H,3-4,8,10H2,1-2H3. The summed E-state index contributed by atoms with van der Waals surface area (Å²) < 4.78 is 1.96. The zero-order valence-electron chi connectivity index (χ0n) is 12.1. The Morgan fingerprint density at radius 2 is 2.10 bits per heavy atom. The van der Waals surface area contributed by atoms with Crippen LogP contribution in [0.15, 0.2) is 24.4 Å². The Hall–Kier alpha value is -1.84. The maximum Gasteiger partial charge on any atom is 0.128 e. The number of aromatic nitrogens is 3. The smallest absolute Gasteiger partial charge is 0.128 e. The fourth-order valence-electron chi connectivity index (χ4n) is 3.77. The predicted molar refractivity (Wildman–Crippen MR) is 79.3 cm³/mol. The molecule has 2 aliphatic rings. The summed E-state index contributed by atoms with van der Waals surface area (Å²) in [5.74, 6) is 2.03. The molecule has 2 bridgehead atoms. The molecule has 4 rings (SSSR count). The molecule has 20 heavy (non-hydrogen) atoms. The van der Waals surface area contributed by atoms with Crippen molar-refractivity contribution < 1.29 is 0 Å². The first-order valence-corrected chi connectivity index (χ1v) is 7.47. The largest absolute Gasteiger partial charge is 0.353 e. The third-order valence-electron chi connectivity index (χ3n) is 4.69. The summed E-state index contributed by atoms with van der Waals surface area (Å²) >= 11 is 0. The van der Waals surface area contributed by atoms with Crippen molar-refractivity contribution in [2.45, 2.75) is 39.2 Å². The molecule has 104 valence electrons. The molecule has 0 radical (unpaired) electrons. The number of aryl methyl sites for hydroxylation is 2. The monoisotopic (exact) mass is 268 g/mol. The number of rotatable bonds is 2. The van der Waals surface area contributed by atoms with Crippen LogP contribution in [0, 0.1) is 19.8 Å². The summed E-state index contributed by atoms with van der Waals surface area (Å²) in [6.07, 6.45) is 6.05. The van der Waals surface area contributed by atoms with E-state index >= 15 is 0 Å². The van der Waals surface area contributed by atoms with E-state index in [0.29, 0.717) is 0 Å². The summed E-state index contributed by atoms with van der Waals surface area (Å²) in [4.78, 5) is 7.16. The lowest BCUT2D eigenvalue weighted by molar-refractivity contribution is 0.550. The molecule has 0 amide bonds. The van der Waals surface area contributed by atoms with Gasteiger partial charge in [-0.1, -0.05) is 0 Å². The highest BCUT2D eigenvalue weighted by atomic mass is 15.3. The topological polar surface area (TPSA) is 34.0 Å². The van der Waals surface area contributed by atoms with E-state index in [4.69, 9.17) is 0 Å². The molecule has 2 unspecified atom stereocenters. The zero-order valence-corrected chi connectivity index (χ0v) is 12.1. The van der Waals surface area contributed by atoms with Gasteiger partial charge in [0.1, 0.15) is 5.82 Å². The highest BCUT2D eigenvalue weighted by Gasteiger charge is 2.38. The number of hydrogen-bond donors (Lipinski definition) is 0. The van der Waals surface area contributed by atoms with Gasteiger partial charge in [-0.3, -0.25) is 0 Å². The zero-order chi connectivity index (χ0) is 13.7. The van der Waals surface area contributed by atoms with Crippen molar-refractivity contribution in [1.82, 2.24) is 14.8 Å². The molecule has 4 nitrogen and oxygen atoms in total. The first-order chi connectivity index (χ1) is 9.70. The number of piperidine rings is 1. The van der Waals surface area contributed by atoms with Gasteiger partial charge in [-0.2, -0.15) is 5.10 Å². The van der Waals surface area contributed by atoms with E-state index < -0.39 is 0 Å². The van der Waals surface area contributed by atoms with Crippen LogP contribution in [0.1, 0.15) is 30.7 Å². The molecule has 2 atom stereocenters. The molecule has 1 saturated carbocycles. The van der Waals surface area contributed by atoms with Crippen LogP contribution in [0.4, 0.5) is 5.82 Å². The Bertz CT molecular complexity index is 628. The van der Waals surface area contributed by atoms with E-state index in [9.17, 15) is 0 Å². The van der Waals surface area contributed by atoms with Crippen LogP contribution in [0.5, 0.6) is 0 Å². The van der Waals surface area contributed by atoms with Crippen molar-refractivity contribution in [3.63, 3.8) is 0 Å². The summed E-state index contributed by atoms with van der Waals surface area (Å²) in [5.41, 5.74) is 3.24. The van der Waals surface area contributed by atoms with E-state index in [1.807, 2.05) is 17.8 Å². The molecule has 2 aromatic heterocycles. The van der Waals surface area contributed by atoms with Crippen molar-refractivity contribution in [2.24, 2.45) is 5.92 Å². The summed E-state index contributed by atoms with van der Waals surface area (Å²) in [5, 5.41) is 4.51. The van der Waals surface area contributed by atoms with Gasteiger partial charge < -0.3 is 4.90 Å². The minimum absolute atomic E-state index is 0.729. The quantitative estimate of drug-likeness (QED) is 0.840. The van der Waals surface area contributed by atoms with Crippen LogP contribution in [0.3, 0.4) is 0 Å². The van der Waals surface area contributed by atoms with Gasteiger partial charge in [-0.25, -0.2) is 9.67 Å². The lowest BCUT2D eigenvalue weighted by Crippen LogP contribution is -2.32.